The van der Waals surface area contributed by atoms with Crippen molar-refractivity contribution in [1.82, 2.24) is 10.6 Å². The minimum absolute atomic E-state index is 0.158. The summed E-state index contributed by atoms with van der Waals surface area (Å²) in [7, 11) is 2.87. The van der Waals surface area contributed by atoms with Crippen molar-refractivity contribution in [3.63, 3.8) is 0 Å². The van der Waals surface area contributed by atoms with Crippen LogP contribution in [0.4, 0.5) is 0 Å². The van der Waals surface area contributed by atoms with Crippen LogP contribution >= 0.6 is 95.6 Å². The van der Waals surface area contributed by atoms with Gasteiger partial charge < -0.3 is 50.6 Å². The molecule has 3 aromatic carbocycles. The molecule has 51 heavy (non-hydrogen) atoms. The molecule has 0 aliphatic rings. The first-order chi connectivity index (χ1) is 24.2. The number of phenols is 2. The van der Waals surface area contributed by atoms with Crippen molar-refractivity contribution < 1.29 is 49.5 Å². The molecule has 0 aliphatic heterocycles. The molecule has 1 atom stereocenters. The molecule has 2 amide bonds. The zero-order chi connectivity index (χ0) is 38.0. The van der Waals surface area contributed by atoms with Gasteiger partial charge in [-0.15, -0.1) is 0 Å². The van der Waals surface area contributed by atoms with Crippen LogP contribution in [0.2, 0.25) is 0 Å². The minimum Gasteiger partial charge on any atom is -0.506 e. The summed E-state index contributed by atoms with van der Waals surface area (Å²) in [5, 5.41) is 61.7. The Morgan fingerprint density at radius 1 is 0.725 bits per heavy atom. The molecule has 0 radical (unpaired) electrons. The van der Waals surface area contributed by atoms with Crippen molar-refractivity contribution >= 4 is 119 Å². The number of aliphatic hydroxyl groups excluding tert-OH is 1. The highest BCUT2D eigenvalue weighted by Crippen LogP contribution is 2.43. The normalized spacial score (nSPS) is 12.3. The molecule has 0 saturated heterocycles. The number of phenolic OH excluding ortho intramolecular Hbond substituents is 2. The highest BCUT2D eigenvalue weighted by atomic mass is 79.9. The van der Waals surface area contributed by atoms with Gasteiger partial charge in [0.2, 0.25) is 0 Å². The highest BCUT2D eigenvalue weighted by Gasteiger charge is 2.23. The average Bonchev–Trinajstić information content (AvgIpc) is 3.09. The molecule has 0 saturated carbocycles. The number of nitrogens with one attached hydrogen (secondary N) is 2. The molecule has 276 valence electrons. The van der Waals surface area contributed by atoms with Crippen LogP contribution in [0.5, 0.6) is 28.7 Å². The Balaban J connectivity index is 1.51. The number of amides is 2. The van der Waals surface area contributed by atoms with Crippen molar-refractivity contribution in [2.45, 2.75) is 25.4 Å². The first-order valence-electron chi connectivity index (χ1n) is 14.4. The van der Waals surface area contributed by atoms with E-state index in [1.807, 2.05) is 0 Å². The predicted molar refractivity (Wildman–Crippen MR) is 209 cm³/mol. The topological polar surface area (TPSA) is 212 Å². The average molecular weight is 1100 g/mol. The summed E-state index contributed by atoms with van der Waals surface area (Å²) in [5.41, 5.74) is 0.879. The Morgan fingerprint density at radius 2 is 1.16 bits per heavy atom. The number of carbonyl (C=O) groups excluding carboxylic acids is 2. The van der Waals surface area contributed by atoms with Crippen molar-refractivity contribution in [2.75, 3.05) is 33.9 Å². The molecule has 0 aliphatic carbocycles. The number of hydrogen-bond donors (Lipinski definition) is 7. The van der Waals surface area contributed by atoms with Gasteiger partial charge in [0, 0.05) is 37.1 Å². The van der Waals surface area contributed by atoms with E-state index in [0.717, 1.165) is 5.56 Å². The molecule has 7 N–H and O–H groups in total. The van der Waals surface area contributed by atoms with E-state index < -0.39 is 17.9 Å². The second kappa shape index (κ2) is 20.0. The van der Waals surface area contributed by atoms with Gasteiger partial charge in [0.15, 0.2) is 11.5 Å². The molecule has 3 aromatic rings. The monoisotopic (exact) mass is 1090 g/mol. The van der Waals surface area contributed by atoms with Crippen molar-refractivity contribution in [1.29, 1.82) is 0 Å². The Kier molecular flexibility index (Phi) is 16.8. The lowest BCUT2D eigenvalue weighted by Crippen LogP contribution is -2.39. The van der Waals surface area contributed by atoms with Gasteiger partial charge in [0.25, 0.3) is 11.8 Å². The molecule has 1 unspecified atom stereocenters. The molecule has 0 fully saturated rings. The van der Waals surface area contributed by atoms with Crippen LogP contribution in [-0.4, -0.2) is 89.0 Å². The number of benzene rings is 3. The second-order valence-electron chi connectivity index (χ2n) is 10.4. The fourth-order valence-corrected chi connectivity index (χ4v) is 9.05. The molecule has 0 bridgehead atoms. The lowest BCUT2D eigenvalue weighted by atomic mass is 10.1. The number of nitrogens with zero attached hydrogens (tertiary/aromatic N) is 2. The van der Waals surface area contributed by atoms with Gasteiger partial charge in [0.05, 0.1) is 32.1 Å². The summed E-state index contributed by atoms with van der Waals surface area (Å²) in [4.78, 5) is 25.4. The van der Waals surface area contributed by atoms with Gasteiger partial charge in [0.1, 0.15) is 50.3 Å². The third-order valence-corrected chi connectivity index (χ3v) is 10.9. The molecule has 0 spiro atoms. The highest BCUT2D eigenvalue weighted by molar-refractivity contribution is 9.12. The summed E-state index contributed by atoms with van der Waals surface area (Å²) in [6.45, 7) is -0.264. The zero-order valence-electron chi connectivity index (χ0n) is 26.6. The van der Waals surface area contributed by atoms with Gasteiger partial charge >= 0.3 is 0 Å². The SMILES string of the molecule is COc1c(Br)cc(C/C(=N\O)C(=O)NCCc2cc(Br)c(OCC(O)CNC(=O)/C(Cc3cc(Br)c(OC)c(Br)c3O)=N/O)c(Br)c2)c(O)c1Br. The van der Waals surface area contributed by atoms with Crippen LogP contribution in [0.25, 0.3) is 0 Å². The maximum atomic E-state index is 12.7. The van der Waals surface area contributed by atoms with E-state index in [0.29, 0.717) is 47.1 Å². The molecule has 14 nitrogen and oxygen atoms in total. The van der Waals surface area contributed by atoms with Crippen LogP contribution in [0.15, 0.2) is 61.4 Å². The zero-order valence-corrected chi connectivity index (χ0v) is 36.1. The fourth-order valence-electron chi connectivity index (χ4n) is 4.48. The van der Waals surface area contributed by atoms with Crippen molar-refractivity contribution in [2.24, 2.45) is 10.3 Å². The lowest BCUT2D eigenvalue weighted by molar-refractivity contribution is -0.116. The summed E-state index contributed by atoms with van der Waals surface area (Å²) in [6, 6.07) is 6.61. The van der Waals surface area contributed by atoms with Crippen molar-refractivity contribution in [3.05, 3.63) is 67.8 Å². The number of methoxy groups -OCH3 is 2. The Hall–Kier alpha value is -2.62. The van der Waals surface area contributed by atoms with Crippen LogP contribution < -0.4 is 24.8 Å². The van der Waals surface area contributed by atoms with Gasteiger partial charge in [-0.05, 0) is 132 Å². The summed E-state index contributed by atoms with van der Waals surface area (Å²) >= 11 is 20.1. The fraction of sp³-hybridized carbons (Fsp3) is 0.290. The third kappa shape index (κ3) is 11.2. The van der Waals surface area contributed by atoms with Crippen LogP contribution in [0, 0.1) is 0 Å². The molecular formula is C31H30Br6N4O10. The second-order valence-corrected chi connectivity index (χ2v) is 15.4. The van der Waals surface area contributed by atoms with Crippen LogP contribution in [-0.2, 0) is 28.9 Å². The third-order valence-electron chi connectivity index (χ3n) is 7.02. The quantitative estimate of drug-likeness (QED) is 0.0480. The standard InChI is InChI=1S/C31H30Br6N4O10/c1-49-28-19(34)7-14(25(43)23(28)36)9-21(40-47)30(45)38-4-3-13-5-17(32)27(18(33)6-13)51-12-16(42)11-39-31(46)22(41-48)10-15-8-20(35)29(50-2)24(37)26(15)44/h5-8,16,42-44,47-48H,3-4,9-12H2,1-2H3,(H,38,45)(H,39,46)/b40-21+,41-22+. The van der Waals surface area contributed by atoms with E-state index in [2.05, 4.69) is 117 Å². The van der Waals surface area contributed by atoms with E-state index in [9.17, 15) is 35.3 Å². The number of oxime groups is 2. The number of carbonyl (C=O) groups is 2. The summed E-state index contributed by atoms with van der Waals surface area (Å²) in [5.74, 6) is -0.658. The minimum atomic E-state index is -1.15. The Morgan fingerprint density at radius 3 is 1.59 bits per heavy atom. The summed E-state index contributed by atoms with van der Waals surface area (Å²) in [6.07, 6.45) is -1.14. The maximum absolute atomic E-state index is 12.7. The van der Waals surface area contributed by atoms with E-state index in [-0.39, 0.29) is 70.0 Å². The number of ether oxygens (including phenoxy) is 3. The lowest BCUT2D eigenvalue weighted by Gasteiger charge is -2.17. The van der Waals surface area contributed by atoms with E-state index in [4.69, 9.17) is 14.2 Å². The number of aromatic hydroxyl groups is 2. The smallest absolute Gasteiger partial charge is 0.269 e. The molecule has 0 aromatic heterocycles. The van der Waals surface area contributed by atoms with E-state index in [1.165, 1.54) is 20.3 Å². The number of rotatable bonds is 16. The first-order valence-corrected chi connectivity index (χ1v) is 19.2. The van der Waals surface area contributed by atoms with Gasteiger partial charge in [-0.1, -0.05) is 10.3 Å². The molecular weight excluding hydrogens is 1070 g/mol. The first kappa shape index (κ1) is 42.8. The number of halogens is 6. The summed E-state index contributed by atoms with van der Waals surface area (Å²) < 4.78 is 18.8. The number of aliphatic hydroxyl groups is 1. The Labute approximate surface area is 342 Å². The van der Waals surface area contributed by atoms with Gasteiger partial charge in [-0.25, -0.2) is 0 Å². The maximum Gasteiger partial charge on any atom is 0.269 e. The van der Waals surface area contributed by atoms with E-state index in [1.54, 1.807) is 18.2 Å². The van der Waals surface area contributed by atoms with Gasteiger partial charge in [-0.2, -0.15) is 0 Å². The molecule has 3 rings (SSSR count). The Bertz CT molecular complexity index is 1820. The molecule has 20 heteroatoms. The number of hydrogen-bond acceptors (Lipinski definition) is 12. The van der Waals surface area contributed by atoms with Gasteiger partial charge in [-0.3, -0.25) is 9.59 Å². The van der Waals surface area contributed by atoms with Crippen molar-refractivity contribution in [3.8, 4) is 28.7 Å². The van der Waals surface area contributed by atoms with Crippen LogP contribution in [0.3, 0.4) is 0 Å². The predicted octanol–water partition coefficient (Wildman–Crippen LogP) is 6.35. The molecule has 0 heterocycles. The van der Waals surface area contributed by atoms with Crippen LogP contribution in [0.1, 0.15) is 16.7 Å². The largest absolute Gasteiger partial charge is 0.506 e. The van der Waals surface area contributed by atoms with E-state index >= 15 is 0 Å².